The number of piperazine rings is 1. The summed E-state index contributed by atoms with van der Waals surface area (Å²) in [6, 6.07) is 20.1. The number of halogens is 2. The fourth-order valence-electron chi connectivity index (χ4n) is 5.96. The van der Waals surface area contributed by atoms with Gasteiger partial charge in [0.2, 0.25) is 11.8 Å². The van der Waals surface area contributed by atoms with E-state index in [9.17, 15) is 19.2 Å². The molecule has 1 N–H and O–H groups in total. The third-order valence-corrected chi connectivity index (χ3v) is 8.89. The molecule has 45 heavy (non-hydrogen) atoms. The summed E-state index contributed by atoms with van der Waals surface area (Å²) in [6.45, 7) is 3.42. The van der Waals surface area contributed by atoms with Crippen molar-refractivity contribution in [3.8, 4) is 0 Å². The van der Waals surface area contributed by atoms with Crippen LogP contribution in [0, 0.1) is 0 Å². The molecule has 0 saturated carbocycles. The fraction of sp³-hybridized carbons (Fsp3) is 0.294. The number of likely N-dealkylation sites (tertiary alicyclic amines) is 1. The first-order chi connectivity index (χ1) is 21.8. The zero-order valence-electron chi connectivity index (χ0n) is 24.5. The molecule has 3 heterocycles. The Morgan fingerprint density at radius 1 is 0.889 bits per heavy atom. The molecule has 2 saturated heterocycles. The molecule has 0 aliphatic carbocycles. The number of nitrogens with zero attached hydrogens (tertiary/aromatic N) is 3. The van der Waals surface area contributed by atoms with Crippen LogP contribution in [0.5, 0.6) is 0 Å². The van der Waals surface area contributed by atoms with Gasteiger partial charge in [-0.15, -0.1) is 0 Å². The van der Waals surface area contributed by atoms with Crippen molar-refractivity contribution in [3.05, 3.63) is 110 Å². The Labute approximate surface area is 270 Å². The average Bonchev–Trinajstić information content (AvgIpc) is 3.46. The van der Waals surface area contributed by atoms with E-state index in [2.05, 4.69) is 22.3 Å². The van der Waals surface area contributed by atoms with Crippen LogP contribution in [0.15, 0.2) is 82.0 Å². The number of nitrogens with one attached hydrogen (secondary N) is 1. The maximum atomic E-state index is 14.0. The maximum Gasteiger partial charge on any atom is 0.287 e. The predicted molar refractivity (Wildman–Crippen MR) is 174 cm³/mol. The fourth-order valence-corrected chi connectivity index (χ4v) is 6.30. The molecule has 232 valence electrons. The maximum absolute atomic E-state index is 14.0. The third-order valence-electron chi connectivity index (χ3n) is 8.34. The third kappa shape index (κ3) is 6.84. The summed E-state index contributed by atoms with van der Waals surface area (Å²) in [6.07, 6.45) is 1.70. The zero-order valence-corrected chi connectivity index (χ0v) is 26.0. The normalized spacial score (nSPS) is 15.9. The molecule has 1 aromatic heterocycles. The molecule has 11 heteroatoms. The molecule has 2 fully saturated rings. The smallest absolute Gasteiger partial charge is 0.287 e. The number of benzene rings is 3. The first-order valence-corrected chi connectivity index (χ1v) is 15.7. The van der Waals surface area contributed by atoms with Gasteiger partial charge in [-0.3, -0.25) is 19.2 Å². The van der Waals surface area contributed by atoms with E-state index >= 15 is 0 Å². The Hall–Kier alpha value is -4.34. The van der Waals surface area contributed by atoms with Crippen LogP contribution < -0.4 is 15.6 Å². The molecular formula is C34H32Cl2N4O5. The molecule has 3 aromatic carbocycles. The van der Waals surface area contributed by atoms with E-state index in [4.69, 9.17) is 27.6 Å². The van der Waals surface area contributed by atoms with Crippen LogP contribution in [0.2, 0.25) is 10.0 Å². The summed E-state index contributed by atoms with van der Waals surface area (Å²) in [7, 11) is 0. The largest absolute Gasteiger partial charge is 0.449 e. The van der Waals surface area contributed by atoms with Gasteiger partial charge >= 0.3 is 0 Å². The lowest BCUT2D eigenvalue weighted by molar-refractivity contribution is -0.133. The minimum atomic E-state index is -0.925. The van der Waals surface area contributed by atoms with Crippen LogP contribution in [-0.2, 0) is 22.6 Å². The van der Waals surface area contributed by atoms with Gasteiger partial charge in [-0.1, -0.05) is 59.6 Å². The molecule has 3 amide bonds. The van der Waals surface area contributed by atoms with Crippen LogP contribution in [0.1, 0.15) is 34.5 Å². The highest BCUT2D eigenvalue weighted by molar-refractivity contribution is 6.34. The van der Waals surface area contributed by atoms with Crippen molar-refractivity contribution in [2.45, 2.75) is 31.8 Å². The Kier molecular flexibility index (Phi) is 9.09. The Balaban J connectivity index is 1.19. The number of fused-ring (bicyclic) bond motifs is 1. The second-order valence-electron chi connectivity index (χ2n) is 11.3. The molecular weight excluding hydrogens is 615 g/mol. The van der Waals surface area contributed by atoms with E-state index in [1.54, 1.807) is 35.2 Å². The topological polar surface area (TPSA) is 103 Å². The standard InChI is InChI=1S/C34H32Cl2N4O5/c35-24-12-10-22(11-13-24)19-27(37-33(43)30-20-29(41)25-6-3-7-26(36)32(25)45-30)34(44)39-17-15-38(16-18-39)28-8-2-1-5-23(28)21-40-14-4-9-31(40)42/h1-3,5-8,10-13,20,27H,4,9,14-19,21H2,(H,37,43)/t27-/m1/s1. The summed E-state index contributed by atoms with van der Waals surface area (Å²) in [5.74, 6) is -0.979. The molecule has 1 atom stereocenters. The first kappa shape index (κ1) is 30.7. The zero-order chi connectivity index (χ0) is 31.5. The predicted octanol–water partition coefficient (Wildman–Crippen LogP) is 4.91. The van der Waals surface area contributed by atoms with Gasteiger partial charge in [0.25, 0.3) is 5.91 Å². The Morgan fingerprint density at radius 2 is 1.64 bits per heavy atom. The number of anilines is 1. The van der Waals surface area contributed by atoms with Crippen molar-refractivity contribution in [2.75, 3.05) is 37.6 Å². The summed E-state index contributed by atoms with van der Waals surface area (Å²) >= 11 is 12.3. The second-order valence-corrected chi connectivity index (χ2v) is 12.2. The minimum Gasteiger partial charge on any atom is -0.449 e. The van der Waals surface area contributed by atoms with Gasteiger partial charge in [0.1, 0.15) is 6.04 Å². The Bertz CT molecular complexity index is 1800. The van der Waals surface area contributed by atoms with Gasteiger partial charge < -0.3 is 24.4 Å². The van der Waals surface area contributed by atoms with Crippen LogP contribution in [-0.4, -0.2) is 66.3 Å². The molecule has 0 bridgehead atoms. The number of para-hydroxylation sites is 2. The molecule has 0 spiro atoms. The van der Waals surface area contributed by atoms with Crippen molar-refractivity contribution in [3.63, 3.8) is 0 Å². The van der Waals surface area contributed by atoms with Crippen LogP contribution in [0.3, 0.4) is 0 Å². The highest BCUT2D eigenvalue weighted by Crippen LogP contribution is 2.26. The van der Waals surface area contributed by atoms with Gasteiger partial charge in [0.15, 0.2) is 16.8 Å². The lowest BCUT2D eigenvalue weighted by Gasteiger charge is -2.38. The van der Waals surface area contributed by atoms with Crippen LogP contribution in [0.4, 0.5) is 5.69 Å². The molecule has 2 aliphatic rings. The quantitative estimate of drug-likeness (QED) is 0.292. The number of carbonyl (C=O) groups excluding carboxylic acids is 3. The number of hydrogen-bond acceptors (Lipinski definition) is 6. The van der Waals surface area contributed by atoms with Gasteiger partial charge in [-0.2, -0.15) is 0 Å². The summed E-state index contributed by atoms with van der Waals surface area (Å²) in [5.41, 5.74) is 2.65. The molecule has 2 aliphatic heterocycles. The van der Waals surface area contributed by atoms with E-state index in [1.807, 2.05) is 29.2 Å². The summed E-state index contributed by atoms with van der Waals surface area (Å²) in [4.78, 5) is 58.2. The minimum absolute atomic E-state index is 0.114. The number of carbonyl (C=O) groups is 3. The number of amides is 3. The van der Waals surface area contributed by atoms with Gasteiger partial charge in [-0.25, -0.2) is 0 Å². The lowest BCUT2D eigenvalue weighted by Crippen LogP contribution is -2.55. The van der Waals surface area contributed by atoms with Crippen LogP contribution in [0.25, 0.3) is 11.0 Å². The lowest BCUT2D eigenvalue weighted by atomic mass is 10.0. The molecule has 4 aromatic rings. The van der Waals surface area contributed by atoms with Gasteiger partial charge in [-0.05, 0) is 47.9 Å². The van der Waals surface area contributed by atoms with Crippen molar-refractivity contribution in [2.24, 2.45) is 0 Å². The monoisotopic (exact) mass is 646 g/mol. The number of hydrogen-bond donors (Lipinski definition) is 1. The summed E-state index contributed by atoms with van der Waals surface area (Å²) in [5, 5.41) is 3.84. The van der Waals surface area contributed by atoms with Crippen LogP contribution >= 0.6 is 23.2 Å². The molecule has 0 unspecified atom stereocenters. The van der Waals surface area contributed by atoms with Crippen molar-refractivity contribution >= 4 is 57.6 Å². The van der Waals surface area contributed by atoms with Crippen molar-refractivity contribution < 1.29 is 18.8 Å². The van der Waals surface area contributed by atoms with Gasteiger partial charge in [0, 0.05) is 68.9 Å². The second kappa shape index (κ2) is 13.3. The van der Waals surface area contributed by atoms with Crippen molar-refractivity contribution in [1.82, 2.24) is 15.1 Å². The van der Waals surface area contributed by atoms with E-state index in [0.717, 1.165) is 35.8 Å². The van der Waals surface area contributed by atoms with E-state index in [0.29, 0.717) is 44.2 Å². The number of rotatable bonds is 8. The van der Waals surface area contributed by atoms with Gasteiger partial charge in [0.05, 0.1) is 10.4 Å². The molecule has 0 radical (unpaired) electrons. The van der Waals surface area contributed by atoms with E-state index < -0.39 is 17.4 Å². The van der Waals surface area contributed by atoms with Crippen molar-refractivity contribution in [1.29, 1.82) is 0 Å². The SMILES string of the molecule is O=C(N[C@H](Cc1ccc(Cl)cc1)C(=O)N1CCN(c2ccccc2CN2CCCC2=O)CC1)c1cc(=O)c2cccc(Cl)c2o1. The summed E-state index contributed by atoms with van der Waals surface area (Å²) < 4.78 is 5.74. The highest BCUT2D eigenvalue weighted by atomic mass is 35.5. The highest BCUT2D eigenvalue weighted by Gasteiger charge is 2.31. The van der Waals surface area contributed by atoms with E-state index in [1.165, 1.54) is 0 Å². The molecule has 6 rings (SSSR count). The first-order valence-electron chi connectivity index (χ1n) is 14.9. The Morgan fingerprint density at radius 3 is 2.38 bits per heavy atom. The average molecular weight is 648 g/mol. The molecule has 9 nitrogen and oxygen atoms in total. The van der Waals surface area contributed by atoms with E-state index in [-0.39, 0.29) is 40.0 Å².